The number of hydrogen-bond donors (Lipinski definition) is 3. The number of rotatable bonds is 3. The smallest absolute Gasteiger partial charge is 0.253 e. The van der Waals surface area contributed by atoms with Crippen LogP contribution in [0.2, 0.25) is 5.02 Å². The van der Waals surface area contributed by atoms with Crippen molar-refractivity contribution in [2.45, 2.75) is 6.54 Å². The largest absolute Gasteiger partial charge is 0.398 e. The zero-order valence-electron chi connectivity index (χ0n) is 8.90. The van der Waals surface area contributed by atoms with Gasteiger partial charge in [0, 0.05) is 16.9 Å². The summed E-state index contributed by atoms with van der Waals surface area (Å²) in [6.07, 6.45) is 1.62. The van der Waals surface area contributed by atoms with Crippen molar-refractivity contribution in [2.24, 2.45) is 0 Å². The number of nitrogens with zero attached hydrogens (tertiary/aromatic N) is 1. The third kappa shape index (κ3) is 2.76. The van der Waals surface area contributed by atoms with Crippen LogP contribution in [0, 0.1) is 0 Å². The van der Waals surface area contributed by atoms with Gasteiger partial charge < -0.3 is 11.1 Å². The molecule has 1 aromatic heterocycles. The Bertz CT molecular complexity index is 524. The van der Waals surface area contributed by atoms with E-state index < -0.39 is 0 Å². The molecule has 1 amide bonds. The van der Waals surface area contributed by atoms with Crippen LogP contribution in [-0.2, 0) is 6.54 Å². The molecule has 0 atom stereocenters. The molecule has 5 nitrogen and oxygen atoms in total. The maximum atomic E-state index is 11.8. The van der Waals surface area contributed by atoms with Gasteiger partial charge >= 0.3 is 0 Å². The molecule has 0 fully saturated rings. The Labute approximate surface area is 103 Å². The first-order valence-corrected chi connectivity index (χ1v) is 5.36. The molecule has 2 rings (SSSR count). The summed E-state index contributed by atoms with van der Waals surface area (Å²) in [7, 11) is 0. The zero-order chi connectivity index (χ0) is 12.3. The number of nitrogens with two attached hydrogens (primary N) is 1. The van der Waals surface area contributed by atoms with Gasteiger partial charge in [-0.1, -0.05) is 11.6 Å². The maximum absolute atomic E-state index is 11.8. The number of benzene rings is 1. The molecule has 88 valence electrons. The molecule has 0 unspecified atom stereocenters. The average Bonchev–Trinajstić information content (AvgIpc) is 2.82. The summed E-state index contributed by atoms with van der Waals surface area (Å²) in [6.45, 7) is 0.366. The number of carbonyl (C=O) groups excluding carboxylic acids is 1. The molecule has 0 aliphatic heterocycles. The number of aromatic amines is 1. The van der Waals surface area contributed by atoms with Gasteiger partial charge in [0.15, 0.2) is 0 Å². The van der Waals surface area contributed by atoms with E-state index in [2.05, 4.69) is 15.5 Å². The van der Waals surface area contributed by atoms with E-state index in [1.54, 1.807) is 30.5 Å². The molecule has 0 radical (unpaired) electrons. The van der Waals surface area contributed by atoms with Crippen LogP contribution in [-0.4, -0.2) is 16.1 Å². The van der Waals surface area contributed by atoms with Crippen LogP contribution >= 0.6 is 11.6 Å². The minimum atomic E-state index is -0.264. The summed E-state index contributed by atoms with van der Waals surface area (Å²) in [5.41, 5.74) is 7.29. The number of anilines is 1. The van der Waals surface area contributed by atoms with Crippen molar-refractivity contribution in [3.05, 3.63) is 46.7 Å². The molecule has 1 heterocycles. The maximum Gasteiger partial charge on any atom is 0.253 e. The second kappa shape index (κ2) is 4.88. The van der Waals surface area contributed by atoms with Crippen molar-refractivity contribution in [2.75, 3.05) is 5.73 Å². The lowest BCUT2D eigenvalue weighted by molar-refractivity contribution is 0.0951. The molecule has 0 spiro atoms. The van der Waals surface area contributed by atoms with Crippen LogP contribution in [0.25, 0.3) is 0 Å². The molecule has 6 heteroatoms. The van der Waals surface area contributed by atoms with Crippen molar-refractivity contribution in [3.8, 4) is 0 Å². The average molecular weight is 251 g/mol. The molecule has 0 saturated carbocycles. The van der Waals surface area contributed by atoms with Crippen molar-refractivity contribution in [1.82, 2.24) is 15.5 Å². The second-order valence-corrected chi connectivity index (χ2v) is 3.93. The molecule has 0 aliphatic rings. The highest BCUT2D eigenvalue weighted by Gasteiger charge is 2.10. The standard InChI is InChI=1S/C11H11ClN4O/c12-7-1-2-10(13)9(5-7)11(17)14-6-8-3-4-15-16-8/h1-5H,6,13H2,(H,14,17)(H,15,16). The fourth-order valence-electron chi connectivity index (χ4n) is 1.38. The Morgan fingerprint density at radius 2 is 2.29 bits per heavy atom. The monoisotopic (exact) mass is 250 g/mol. The minimum absolute atomic E-state index is 0.264. The highest BCUT2D eigenvalue weighted by molar-refractivity contribution is 6.31. The van der Waals surface area contributed by atoms with Gasteiger partial charge in [0.1, 0.15) is 0 Å². The molecule has 2 aromatic rings. The predicted octanol–water partition coefficient (Wildman–Crippen LogP) is 1.58. The first kappa shape index (κ1) is 11.5. The number of hydrogen-bond acceptors (Lipinski definition) is 3. The van der Waals surface area contributed by atoms with Crippen LogP contribution in [0.4, 0.5) is 5.69 Å². The van der Waals surface area contributed by atoms with Gasteiger partial charge in [-0.2, -0.15) is 5.10 Å². The van der Waals surface area contributed by atoms with Gasteiger partial charge in [0.2, 0.25) is 0 Å². The van der Waals surface area contributed by atoms with Gasteiger partial charge in [-0.15, -0.1) is 0 Å². The van der Waals surface area contributed by atoms with Crippen LogP contribution < -0.4 is 11.1 Å². The highest BCUT2D eigenvalue weighted by Crippen LogP contribution is 2.17. The SMILES string of the molecule is Nc1ccc(Cl)cc1C(=O)NCc1ccn[nH]1. The Hall–Kier alpha value is -2.01. The molecule has 17 heavy (non-hydrogen) atoms. The van der Waals surface area contributed by atoms with E-state index in [-0.39, 0.29) is 5.91 Å². The number of aromatic nitrogens is 2. The summed E-state index contributed by atoms with van der Waals surface area (Å²) < 4.78 is 0. The number of nitrogen functional groups attached to an aromatic ring is 1. The van der Waals surface area contributed by atoms with Crippen LogP contribution in [0.3, 0.4) is 0 Å². The summed E-state index contributed by atoms with van der Waals surface area (Å²) in [5, 5.41) is 9.73. The predicted molar refractivity (Wildman–Crippen MR) is 65.6 cm³/mol. The quantitative estimate of drug-likeness (QED) is 0.723. The lowest BCUT2D eigenvalue weighted by atomic mass is 10.1. The van der Waals surface area contributed by atoms with E-state index in [0.717, 1.165) is 5.69 Å². The molecule has 1 aromatic carbocycles. The number of carbonyl (C=O) groups is 1. The first-order valence-electron chi connectivity index (χ1n) is 4.98. The van der Waals surface area contributed by atoms with E-state index in [1.165, 1.54) is 0 Å². The number of H-pyrrole nitrogens is 1. The third-order valence-electron chi connectivity index (χ3n) is 2.26. The molecule has 4 N–H and O–H groups in total. The molecule has 0 bridgehead atoms. The first-order chi connectivity index (χ1) is 8.16. The summed E-state index contributed by atoms with van der Waals surface area (Å²) in [5.74, 6) is -0.264. The number of nitrogens with one attached hydrogen (secondary N) is 2. The van der Waals surface area contributed by atoms with E-state index in [4.69, 9.17) is 17.3 Å². The molecular formula is C11H11ClN4O. The van der Waals surface area contributed by atoms with Gasteiger partial charge in [0.05, 0.1) is 17.8 Å². The lowest BCUT2D eigenvalue weighted by Gasteiger charge is -2.06. The van der Waals surface area contributed by atoms with Crippen molar-refractivity contribution in [3.63, 3.8) is 0 Å². The fourth-order valence-corrected chi connectivity index (χ4v) is 1.55. The van der Waals surface area contributed by atoms with Crippen LogP contribution in [0.1, 0.15) is 16.1 Å². The Morgan fingerprint density at radius 1 is 1.47 bits per heavy atom. The van der Waals surface area contributed by atoms with Gasteiger partial charge in [-0.25, -0.2) is 0 Å². The Kier molecular flexibility index (Phi) is 3.30. The molecule has 0 aliphatic carbocycles. The van der Waals surface area contributed by atoms with E-state index in [0.29, 0.717) is 22.8 Å². The lowest BCUT2D eigenvalue weighted by Crippen LogP contribution is -2.24. The summed E-state index contributed by atoms with van der Waals surface area (Å²) >= 11 is 5.81. The van der Waals surface area contributed by atoms with Crippen molar-refractivity contribution >= 4 is 23.2 Å². The molecule has 0 saturated heterocycles. The van der Waals surface area contributed by atoms with E-state index in [1.807, 2.05) is 0 Å². The van der Waals surface area contributed by atoms with Crippen molar-refractivity contribution < 1.29 is 4.79 Å². The normalized spacial score (nSPS) is 10.2. The molecular weight excluding hydrogens is 240 g/mol. The number of halogens is 1. The topological polar surface area (TPSA) is 83.8 Å². The summed E-state index contributed by atoms with van der Waals surface area (Å²) in [4.78, 5) is 11.8. The summed E-state index contributed by atoms with van der Waals surface area (Å²) in [6, 6.07) is 6.57. The van der Waals surface area contributed by atoms with Crippen LogP contribution in [0.5, 0.6) is 0 Å². The van der Waals surface area contributed by atoms with Crippen LogP contribution in [0.15, 0.2) is 30.5 Å². The van der Waals surface area contributed by atoms with Gasteiger partial charge in [-0.3, -0.25) is 9.89 Å². The van der Waals surface area contributed by atoms with E-state index >= 15 is 0 Å². The van der Waals surface area contributed by atoms with E-state index in [9.17, 15) is 4.79 Å². The highest BCUT2D eigenvalue weighted by atomic mass is 35.5. The zero-order valence-corrected chi connectivity index (χ0v) is 9.66. The third-order valence-corrected chi connectivity index (χ3v) is 2.49. The second-order valence-electron chi connectivity index (χ2n) is 3.50. The van der Waals surface area contributed by atoms with Gasteiger partial charge in [-0.05, 0) is 24.3 Å². The van der Waals surface area contributed by atoms with Crippen molar-refractivity contribution in [1.29, 1.82) is 0 Å². The number of amides is 1. The Morgan fingerprint density at radius 3 is 3.00 bits per heavy atom. The Balaban J connectivity index is 2.07. The minimum Gasteiger partial charge on any atom is -0.398 e. The van der Waals surface area contributed by atoms with Gasteiger partial charge in [0.25, 0.3) is 5.91 Å². The fraction of sp³-hybridized carbons (Fsp3) is 0.0909.